The number of rotatable bonds is 1. The zero-order valence-electron chi connectivity index (χ0n) is 9.15. The van der Waals surface area contributed by atoms with Crippen LogP contribution in [0, 0.1) is 11.9 Å². The zero-order chi connectivity index (χ0) is 12.7. The number of H-pyrrole nitrogens is 1. The van der Waals surface area contributed by atoms with Gasteiger partial charge in [-0.15, -0.1) is 0 Å². The van der Waals surface area contributed by atoms with Crippen LogP contribution in [-0.2, 0) is 0 Å². The van der Waals surface area contributed by atoms with Crippen LogP contribution in [0.15, 0.2) is 42.5 Å². The summed E-state index contributed by atoms with van der Waals surface area (Å²) in [6.45, 7) is 0. The predicted molar refractivity (Wildman–Crippen MR) is 93.9 cm³/mol. The van der Waals surface area contributed by atoms with Gasteiger partial charge in [0.25, 0.3) is 0 Å². The Morgan fingerprint density at radius 2 is 1.61 bits per heavy atom. The molecule has 0 radical (unpaired) electrons. The van der Waals surface area contributed by atoms with E-state index < -0.39 is 0 Å². The third-order valence-corrected chi connectivity index (χ3v) is 4.40. The molecule has 0 aliphatic rings. The molecule has 2 aromatic carbocycles. The van der Waals surface area contributed by atoms with Crippen LogP contribution in [0.3, 0.4) is 0 Å². The summed E-state index contributed by atoms with van der Waals surface area (Å²) in [7, 11) is 0. The fraction of sp³-hybridized carbons (Fsp3) is 0. The second kappa shape index (κ2) is 4.93. The van der Waals surface area contributed by atoms with Gasteiger partial charge in [-0.05, 0) is 99.9 Å². The summed E-state index contributed by atoms with van der Waals surface area (Å²) in [6.07, 6.45) is 0. The van der Waals surface area contributed by atoms with E-state index in [1.807, 2.05) is 0 Å². The Kier molecular flexibility index (Phi) is 3.46. The van der Waals surface area contributed by atoms with Gasteiger partial charge < -0.3 is 4.98 Å². The van der Waals surface area contributed by atoms with E-state index in [0.29, 0.717) is 0 Å². The Morgan fingerprint density at radius 1 is 0.944 bits per heavy atom. The SMILES string of the molecule is S=c1[nH]c2cc(I)ccc2n1-c1ccc(I)cc1. The van der Waals surface area contributed by atoms with Crippen molar-refractivity contribution in [3.63, 3.8) is 0 Å². The van der Waals surface area contributed by atoms with Crippen molar-refractivity contribution in [2.75, 3.05) is 0 Å². The highest BCUT2D eigenvalue weighted by atomic mass is 127. The Hall–Kier alpha value is -0.410. The molecule has 0 saturated heterocycles. The van der Waals surface area contributed by atoms with E-state index in [1.54, 1.807) is 0 Å². The van der Waals surface area contributed by atoms with Gasteiger partial charge in [0.15, 0.2) is 4.77 Å². The van der Waals surface area contributed by atoms with Crippen LogP contribution in [0.25, 0.3) is 16.7 Å². The molecule has 0 bridgehead atoms. The lowest BCUT2D eigenvalue weighted by molar-refractivity contribution is 1.06. The van der Waals surface area contributed by atoms with Crippen LogP contribution < -0.4 is 0 Å². The largest absolute Gasteiger partial charge is 0.330 e. The maximum atomic E-state index is 5.41. The summed E-state index contributed by atoms with van der Waals surface area (Å²) in [5.74, 6) is 0. The van der Waals surface area contributed by atoms with Crippen LogP contribution in [0.5, 0.6) is 0 Å². The van der Waals surface area contributed by atoms with Gasteiger partial charge in [-0.1, -0.05) is 0 Å². The first-order chi connectivity index (χ1) is 8.65. The van der Waals surface area contributed by atoms with Gasteiger partial charge in [0.2, 0.25) is 0 Å². The van der Waals surface area contributed by atoms with Crippen molar-refractivity contribution >= 4 is 68.4 Å². The third kappa shape index (κ3) is 2.23. The van der Waals surface area contributed by atoms with Crippen molar-refractivity contribution in [1.82, 2.24) is 9.55 Å². The molecule has 0 atom stereocenters. The summed E-state index contributed by atoms with van der Waals surface area (Å²) in [5, 5.41) is 0. The predicted octanol–water partition coefficient (Wildman–Crippen LogP) is 4.90. The molecule has 18 heavy (non-hydrogen) atoms. The van der Waals surface area contributed by atoms with Gasteiger partial charge in [0.05, 0.1) is 11.0 Å². The number of benzene rings is 2. The van der Waals surface area contributed by atoms with E-state index in [1.165, 1.54) is 7.14 Å². The third-order valence-electron chi connectivity index (χ3n) is 2.73. The number of hydrogen-bond acceptors (Lipinski definition) is 1. The van der Waals surface area contributed by atoms with Crippen LogP contribution in [0.1, 0.15) is 0 Å². The number of fused-ring (bicyclic) bond motifs is 1. The number of imidazole rings is 1. The average Bonchev–Trinajstić information content (AvgIpc) is 2.65. The number of nitrogens with zero attached hydrogens (tertiary/aromatic N) is 1. The lowest BCUT2D eigenvalue weighted by atomic mass is 10.3. The van der Waals surface area contributed by atoms with Gasteiger partial charge in [-0.2, -0.15) is 0 Å². The highest BCUT2D eigenvalue weighted by Gasteiger charge is 2.06. The number of halogens is 2. The summed E-state index contributed by atoms with van der Waals surface area (Å²) < 4.78 is 5.22. The first-order valence-electron chi connectivity index (χ1n) is 5.31. The monoisotopic (exact) mass is 478 g/mol. The summed E-state index contributed by atoms with van der Waals surface area (Å²) in [6, 6.07) is 14.6. The van der Waals surface area contributed by atoms with E-state index in [4.69, 9.17) is 12.2 Å². The Balaban J connectivity index is 2.32. The normalized spacial score (nSPS) is 11.0. The highest BCUT2D eigenvalue weighted by Crippen LogP contribution is 2.22. The molecule has 1 heterocycles. The zero-order valence-corrected chi connectivity index (χ0v) is 14.3. The molecular formula is C13H8I2N2S. The first-order valence-corrected chi connectivity index (χ1v) is 7.88. The Labute approximate surface area is 137 Å². The van der Waals surface area contributed by atoms with Crippen molar-refractivity contribution in [1.29, 1.82) is 0 Å². The lowest BCUT2D eigenvalue weighted by Gasteiger charge is -2.04. The van der Waals surface area contributed by atoms with Gasteiger partial charge in [0, 0.05) is 12.8 Å². The molecule has 5 heteroatoms. The first kappa shape index (κ1) is 12.6. The Bertz CT molecular complexity index is 772. The summed E-state index contributed by atoms with van der Waals surface area (Å²) in [5.41, 5.74) is 3.28. The second-order valence-electron chi connectivity index (χ2n) is 3.90. The van der Waals surface area contributed by atoms with E-state index in [-0.39, 0.29) is 0 Å². The van der Waals surface area contributed by atoms with Crippen molar-refractivity contribution in [3.05, 3.63) is 54.4 Å². The van der Waals surface area contributed by atoms with E-state index >= 15 is 0 Å². The number of aromatic amines is 1. The maximum absolute atomic E-state index is 5.41. The fourth-order valence-corrected chi connectivity index (χ4v) is 3.09. The molecule has 2 nitrogen and oxygen atoms in total. The summed E-state index contributed by atoms with van der Waals surface area (Å²) >= 11 is 10.0. The van der Waals surface area contributed by atoms with Crippen molar-refractivity contribution in [2.45, 2.75) is 0 Å². The van der Waals surface area contributed by atoms with Crippen LogP contribution in [0.2, 0.25) is 0 Å². The summed E-state index contributed by atoms with van der Waals surface area (Å²) in [4.78, 5) is 3.25. The molecule has 90 valence electrons. The molecule has 0 fully saturated rings. The highest BCUT2D eigenvalue weighted by molar-refractivity contribution is 14.1. The number of nitrogens with one attached hydrogen (secondary N) is 1. The molecule has 0 aliphatic heterocycles. The van der Waals surface area contributed by atoms with E-state index in [2.05, 4.69) is 97.2 Å². The quantitative estimate of drug-likeness (QED) is 0.390. The van der Waals surface area contributed by atoms with Gasteiger partial charge >= 0.3 is 0 Å². The fourth-order valence-electron chi connectivity index (χ4n) is 1.93. The molecule has 0 amide bonds. The topological polar surface area (TPSA) is 20.7 Å². The molecule has 3 rings (SSSR count). The molecule has 1 N–H and O–H groups in total. The van der Waals surface area contributed by atoms with Gasteiger partial charge in [0.1, 0.15) is 0 Å². The van der Waals surface area contributed by atoms with Crippen molar-refractivity contribution in [2.24, 2.45) is 0 Å². The lowest BCUT2D eigenvalue weighted by Crippen LogP contribution is -1.93. The van der Waals surface area contributed by atoms with Crippen LogP contribution in [0.4, 0.5) is 0 Å². The molecule has 1 aromatic heterocycles. The molecule has 0 spiro atoms. The molecule has 0 aliphatic carbocycles. The van der Waals surface area contributed by atoms with E-state index in [0.717, 1.165) is 21.5 Å². The molecule has 3 aromatic rings. The minimum atomic E-state index is 0.730. The van der Waals surface area contributed by atoms with Crippen LogP contribution in [-0.4, -0.2) is 9.55 Å². The van der Waals surface area contributed by atoms with Gasteiger partial charge in [-0.25, -0.2) is 0 Å². The minimum Gasteiger partial charge on any atom is -0.330 e. The maximum Gasteiger partial charge on any atom is 0.182 e. The smallest absolute Gasteiger partial charge is 0.182 e. The van der Waals surface area contributed by atoms with Crippen LogP contribution >= 0.6 is 57.4 Å². The number of hydrogen-bond donors (Lipinski definition) is 1. The average molecular weight is 478 g/mol. The second-order valence-corrected chi connectivity index (χ2v) is 6.78. The molecule has 0 saturated carbocycles. The number of aromatic nitrogens is 2. The van der Waals surface area contributed by atoms with Crippen molar-refractivity contribution in [3.8, 4) is 5.69 Å². The standard InChI is InChI=1S/C13H8I2N2S/c14-8-1-4-10(5-2-8)17-12-6-3-9(15)7-11(12)16-13(17)18/h1-7H,(H,16,18). The van der Waals surface area contributed by atoms with Gasteiger partial charge in [-0.3, -0.25) is 4.57 Å². The van der Waals surface area contributed by atoms with E-state index in [9.17, 15) is 0 Å². The molecule has 0 unspecified atom stereocenters. The minimum absolute atomic E-state index is 0.730. The molecular weight excluding hydrogens is 470 g/mol. The van der Waals surface area contributed by atoms with Crippen molar-refractivity contribution < 1.29 is 0 Å². The Morgan fingerprint density at radius 3 is 2.33 bits per heavy atom.